The van der Waals surface area contributed by atoms with Crippen LogP contribution in [0.15, 0.2) is 0 Å². The summed E-state index contributed by atoms with van der Waals surface area (Å²) in [6.45, 7) is 1.36. The molecule has 0 unspecified atom stereocenters. The summed E-state index contributed by atoms with van der Waals surface area (Å²) in [7, 11) is 0. The van der Waals surface area contributed by atoms with Gasteiger partial charge < -0.3 is 16.4 Å². The van der Waals surface area contributed by atoms with E-state index in [1.807, 2.05) is 4.90 Å². The molecule has 0 radical (unpaired) electrons. The third kappa shape index (κ3) is 3.93. The van der Waals surface area contributed by atoms with E-state index in [-0.39, 0.29) is 17.7 Å². The lowest BCUT2D eigenvalue weighted by molar-refractivity contribution is -0.136. The van der Waals surface area contributed by atoms with Gasteiger partial charge in [-0.2, -0.15) is 0 Å². The van der Waals surface area contributed by atoms with Crippen molar-refractivity contribution in [3.05, 3.63) is 0 Å². The van der Waals surface area contributed by atoms with Crippen molar-refractivity contribution in [1.82, 2.24) is 4.90 Å². The number of primary amides is 1. The first-order valence-corrected chi connectivity index (χ1v) is 7.39. The van der Waals surface area contributed by atoms with Crippen molar-refractivity contribution in [2.24, 2.45) is 23.3 Å². The second-order valence-electron chi connectivity index (χ2n) is 6.04. The minimum atomic E-state index is -0.228. The molecular weight excluding hydrogens is 242 g/mol. The summed E-state index contributed by atoms with van der Waals surface area (Å²) in [4.78, 5) is 25.2. The molecule has 108 valence electrons. The number of hydrogen-bond donors (Lipinski definition) is 2. The molecule has 0 atom stereocenters. The first kappa shape index (κ1) is 14.3. The molecule has 0 bridgehead atoms. The largest absolute Gasteiger partial charge is 0.369 e. The number of nitrogens with two attached hydrogens (primary N) is 2. The number of rotatable bonds is 3. The Hall–Kier alpha value is -1.10. The molecule has 0 aromatic rings. The Kier molecular flexibility index (Phi) is 4.80. The van der Waals surface area contributed by atoms with Gasteiger partial charge in [0.2, 0.25) is 11.8 Å². The Bertz CT molecular complexity index is 330. The highest BCUT2D eigenvalue weighted by Crippen LogP contribution is 2.27. The van der Waals surface area contributed by atoms with Gasteiger partial charge >= 0.3 is 0 Å². The third-order valence-electron chi connectivity index (χ3n) is 4.60. The summed E-state index contributed by atoms with van der Waals surface area (Å²) >= 11 is 0. The first-order valence-electron chi connectivity index (χ1n) is 7.39. The van der Waals surface area contributed by atoms with Gasteiger partial charge in [0.1, 0.15) is 0 Å². The molecule has 0 aromatic carbocycles. The summed E-state index contributed by atoms with van der Waals surface area (Å²) in [5.41, 5.74) is 11.2. The van der Waals surface area contributed by atoms with Crippen LogP contribution in [0.4, 0.5) is 0 Å². The van der Waals surface area contributed by atoms with E-state index >= 15 is 0 Å². The van der Waals surface area contributed by atoms with Crippen LogP contribution in [-0.4, -0.2) is 35.8 Å². The zero-order valence-corrected chi connectivity index (χ0v) is 11.5. The normalized spacial score (nSPS) is 29.2. The maximum atomic E-state index is 12.2. The van der Waals surface area contributed by atoms with Gasteiger partial charge in [0.15, 0.2) is 0 Å². The Morgan fingerprint density at radius 3 is 2.11 bits per heavy atom. The lowest BCUT2D eigenvalue weighted by Gasteiger charge is -2.33. The molecular formula is C14H25N3O2. The van der Waals surface area contributed by atoms with Crippen molar-refractivity contribution in [2.75, 3.05) is 13.1 Å². The quantitative estimate of drug-likeness (QED) is 0.785. The van der Waals surface area contributed by atoms with Gasteiger partial charge in [-0.15, -0.1) is 0 Å². The summed E-state index contributed by atoms with van der Waals surface area (Å²) in [6, 6.07) is 0.331. The van der Waals surface area contributed by atoms with Crippen LogP contribution in [0.5, 0.6) is 0 Å². The van der Waals surface area contributed by atoms with Crippen molar-refractivity contribution < 1.29 is 9.59 Å². The van der Waals surface area contributed by atoms with Gasteiger partial charge in [0.05, 0.1) is 0 Å². The lowest BCUT2D eigenvalue weighted by Crippen LogP contribution is -2.42. The predicted molar refractivity (Wildman–Crippen MR) is 73.0 cm³/mol. The summed E-state index contributed by atoms with van der Waals surface area (Å²) < 4.78 is 0. The molecule has 0 spiro atoms. The smallest absolute Gasteiger partial charge is 0.222 e. The molecule has 1 saturated carbocycles. The molecule has 1 aliphatic heterocycles. The summed E-state index contributed by atoms with van der Waals surface area (Å²) in [6.07, 6.45) is 6.32. The summed E-state index contributed by atoms with van der Waals surface area (Å²) in [5, 5.41) is 0. The molecule has 1 aliphatic carbocycles. The van der Waals surface area contributed by atoms with Crippen LogP contribution in [0.25, 0.3) is 0 Å². The second kappa shape index (κ2) is 6.37. The standard InChI is InChI=1S/C14H25N3O2/c15-12-3-1-10(2-4-12)9-13(18)17-7-5-11(6-8-17)14(16)19/h10-12H,1-9,15H2,(H2,16,19). The highest BCUT2D eigenvalue weighted by atomic mass is 16.2. The van der Waals surface area contributed by atoms with Crippen LogP contribution in [0, 0.1) is 11.8 Å². The maximum Gasteiger partial charge on any atom is 0.222 e. The van der Waals surface area contributed by atoms with E-state index in [9.17, 15) is 9.59 Å². The van der Waals surface area contributed by atoms with Crippen LogP contribution in [0.2, 0.25) is 0 Å². The van der Waals surface area contributed by atoms with Crippen LogP contribution in [0.3, 0.4) is 0 Å². The van der Waals surface area contributed by atoms with Crippen molar-refractivity contribution >= 4 is 11.8 Å². The highest BCUT2D eigenvalue weighted by Gasteiger charge is 2.28. The molecule has 2 aliphatic rings. The van der Waals surface area contributed by atoms with E-state index < -0.39 is 0 Å². The predicted octanol–water partition coefficient (Wildman–Crippen LogP) is 0.618. The Balaban J connectivity index is 1.74. The molecule has 2 rings (SSSR count). The molecule has 2 fully saturated rings. The lowest BCUT2D eigenvalue weighted by atomic mass is 9.84. The van der Waals surface area contributed by atoms with E-state index in [0.29, 0.717) is 31.5 Å². The summed E-state index contributed by atoms with van der Waals surface area (Å²) in [5.74, 6) is 0.467. The molecule has 1 saturated heterocycles. The zero-order chi connectivity index (χ0) is 13.8. The topological polar surface area (TPSA) is 89.4 Å². The molecule has 19 heavy (non-hydrogen) atoms. The molecule has 2 amide bonds. The molecule has 5 nitrogen and oxygen atoms in total. The first-order chi connectivity index (χ1) is 9.06. The van der Waals surface area contributed by atoms with Crippen molar-refractivity contribution in [1.29, 1.82) is 0 Å². The number of carbonyl (C=O) groups excluding carboxylic acids is 2. The molecule has 1 heterocycles. The Morgan fingerprint density at radius 1 is 1.00 bits per heavy atom. The second-order valence-corrected chi connectivity index (χ2v) is 6.04. The van der Waals surface area contributed by atoms with E-state index in [2.05, 4.69) is 0 Å². The SMILES string of the molecule is NC(=O)C1CCN(C(=O)CC2CCC(N)CC2)CC1. The number of nitrogens with zero attached hydrogens (tertiary/aromatic N) is 1. The van der Waals surface area contributed by atoms with Gasteiger partial charge in [0, 0.05) is 31.5 Å². The van der Waals surface area contributed by atoms with Crippen LogP contribution in [-0.2, 0) is 9.59 Å². The molecule has 4 N–H and O–H groups in total. The monoisotopic (exact) mass is 267 g/mol. The maximum absolute atomic E-state index is 12.2. The number of carbonyl (C=O) groups is 2. The van der Waals surface area contributed by atoms with Crippen molar-refractivity contribution in [2.45, 2.75) is 51.0 Å². The Morgan fingerprint density at radius 2 is 1.58 bits per heavy atom. The van der Waals surface area contributed by atoms with E-state index in [1.54, 1.807) is 0 Å². The average Bonchev–Trinajstić information content (AvgIpc) is 2.41. The van der Waals surface area contributed by atoms with E-state index in [0.717, 1.165) is 38.5 Å². The molecule has 5 heteroatoms. The minimum absolute atomic E-state index is 0.0447. The van der Waals surface area contributed by atoms with Gasteiger partial charge in [0.25, 0.3) is 0 Å². The number of piperidine rings is 1. The van der Waals surface area contributed by atoms with Gasteiger partial charge in [-0.3, -0.25) is 9.59 Å². The van der Waals surface area contributed by atoms with Gasteiger partial charge in [-0.1, -0.05) is 0 Å². The number of likely N-dealkylation sites (tertiary alicyclic amines) is 1. The fraction of sp³-hybridized carbons (Fsp3) is 0.857. The fourth-order valence-electron chi connectivity index (χ4n) is 3.18. The van der Waals surface area contributed by atoms with Crippen LogP contribution < -0.4 is 11.5 Å². The van der Waals surface area contributed by atoms with E-state index in [4.69, 9.17) is 11.5 Å². The number of amides is 2. The minimum Gasteiger partial charge on any atom is -0.369 e. The van der Waals surface area contributed by atoms with Crippen LogP contribution >= 0.6 is 0 Å². The van der Waals surface area contributed by atoms with Crippen LogP contribution in [0.1, 0.15) is 44.9 Å². The average molecular weight is 267 g/mol. The van der Waals surface area contributed by atoms with Crippen molar-refractivity contribution in [3.63, 3.8) is 0 Å². The zero-order valence-electron chi connectivity index (χ0n) is 11.5. The van der Waals surface area contributed by atoms with Gasteiger partial charge in [-0.05, 0) is 44.4 Å². The van der Waals surface area contributed by atoms with E-state index in [1.165, 1.54) is 0 Å². The van der Waals surface area contributed by atoms with Crippen molar-refractivity contribution in [3.8, 4) is 0 Å². The number of hydrogen-bond acceptors (Lipinski definition) is 3. The fourth-order valence-corrected chi connectivity index (χ4v) is 3.18. The molecule has 0 aromatic heterocycles. The Labute approximate surface area is 114 Å². The highest BCUT2D eigenvalue weighted by molar-refractivity contribution is 5.79. The van der Waals surface area contributed by atoms with Gasteiger partial charge in [-0.25, -0.2) is 0 Å². The third-order valence-corrected chi connectivity index (χ3v) is 4.60.